The maximum atomic E-state index is 12.3. The highest BCUT2D eigenvalue weighted by Crippen LogP contribution is 2.23. The molecule has 0 saturated carbocycles. The Morgan fingerprint density at radius 1 is 1.35 bits per heavy atom. The lowest BCUT2D eigenvalue weighted by molar-refractivity contribution is 0.0678. The summed E-state index contributed by atoms with van der Waals surface area (Å²) in [6, 6.07) is 5.05. The minimum Gasteiger partial charge on any atom is -0.381 e. The fourth-order valence-corrected chi connectivity index (χ4v) is 4.38. The third-order valence-electron chi connectivity index (χ3n) is 3.42. The summed E-state index contributed by atoms with van der Waals surface area (Å²) < 4.78 is 33.1. The highest BCUT2D eigenvalue weighted by atomic mass is 79.9. The van der Waals surface area contributed by atoms with Crippen molar-refractivity contribution in [3.8, 4) is 0 Å². The quantitative estimate of drug-likeness (QED) is 0.833. The average molecular weight is 363 g/mol. The van der Waals surface area contributed by atoms with E-state index in [4.69, 9.17) is 10.5 Å². The molecule has 1 aromatic rings. The van der Waals surface area contributed by atoms with E-state index < -0.39 is 10.0 Å². The Kier molecular flexibility index (Phi) is 5.57. The van der Waals surface area contributed by atoms with Crippen molar-refractivity contribution < 1.29 is 13.2 Å². The highest BCUT2D eigenvalue weighted by Gasteiger charge is 2.21. The molecule has 0 atom stereocenters. The average Bonchev–Trinajstić information content (AvgIpc) is 2.46. The number of halogens is 1. The molecule has 112 valence electrons. The molecule has 7 heteroatoms. The second-order valence-corrected chi connectivity index (χ2v) is 7.47. The fraction of sp³-hybridized carbons (Fsp3) is 0.538. The Hall–Kier alpha value is -0.470. The summed E-state index contributed by atoms with van der Waals surface area (Å²) in [5.41, 5.74) is 6.43. The lowest BCUT2D eigenvalue weighted by Gasteiger charge is -2.22. The van der Waals surface area contributed by atoms with E-state index in [0.717, 1.165) is 18.4 Å². The monoisotopic (exact) mass is 362 g/mol. The van der Waals surface area contributed by atoms with Crippen molar-refractivity contribution in [1.82, 2.24) is 4.72 Å². The molecule has 0 amide bonds. The van der Waals surface area contributed by atoms with Crippen molar-refractivity contribution in [2.45, 2.75) is 24.3 Å². The Labute approximate surface area is 128 Å². The van der Waals surface area contributed by atoms with Gasteiger partial charge in [0.1, 0.15) is 0 Å². The minimum atomic E-state index is -3.49. The number of ether oxygens (including phenoxy) is 1. The molecule has 1 aliphatic heterocycles. The SMILES string of the molecule is NCc1ccc(S(=O)(=O)NCC2CCOCC2)c(Br)c1. The third-order valence-corrected chi connectivity index (χ3v) is 5.82. The zero-order chi connectivity index (χ0) is 14.6. The zero-order valence-corrected chi connectivity index (χ0v) is 13.5. The van der Waals surface area contributed by atoms with Crippen LogP contribution in [0, 0.1) is 5.92 Å². The lowest BCUT2D eigenvalue weighted by Crippen LogP contribution is -2.32. The molecule has 0 bridgehead atoms. The normalized spacial score (nSPS) is 17.3. The van der Waals surface area contributed by atoms with Gasteiger partial charge in [-0.15, -0.1) is 0 Å². The zero-order valence-electron chi connectivity index (χ0n) is 11.1. The van der Waals surface area contributed by atoms with E-state index in [1.165, 1.54) is 0 Å². The van der Waals surface area contributed by atoms with Gasteiger partial charge in [0, 0.05) is 30.8 Å². The van der Waals surface area contributed by atoms with Crippen molar-refractivity contribution in [3.05, 3.63) is 28.2 Å². The van der Waals surface area contributed by atoms with Crippen LogP contribution in [0.3, 0.4) is 0 Å². The lowest BCUT2D eigenvalue weighted by atomic mass is 10.0. The number of hydrogen-bond acceptors (Lipinski definition) is 4. The molecule has 0 aliphatic carbocycles. The van der Waals surface area contributed by atoms with Crippen LogP contribution in [0.4, 0.5) is 0 Å². The first-order valence-electron chi connectivity index (χ1n) is 6.59. The molecule has 0 unspecified atom stereocenters. The fourth-order valence-electron chi connectivity index (χ4n) is 2.15. The van der Waals surface area contributed by atoms with E-state index in [1.807, 2.05) is 0 Å². The number of rotatable bonds is 5. The van der Waals surface area contributed by atoms with Gasteiger partial charge in [0.2, 0.25) is 10.0 Å². The van der Waals surface area contributed by atoms with Crippen LogP contribution >= 0.6 is 15.9 Å². The van der Waals surface area contributed by atoms with Gasteiger partial charge in [-0.2, -0.15) is 0 Å². The van der Waals surface area contributed by atoms with Crippen molar-refractivity contribution in [3.63, 3.8) is 0 Å². The summed E-state index contributed by atoms with van der Waals surface area (Å²) in [6.45, 7) is 2.26. The second kappa shape index (κ2) is 7.00. The van der Waals surface area contributed by atoms with E-state index in [-0.39, 0.29) is 4.90 Å². The molecule has 3 N–H and O–H groups in total. The molecule has 1 aromatic carbocycles. The number of nitrogens with two attached hydrogens (primary N) is 1. The van der Waals surface area contributed by atoms with Crippen LogP contribution in [0.25, 0.3) is 0 Å². The van der Waals surface area contributed by atoms with Crippen molar-refractivity contribution >= 4 is 26.0 Å². The van der Waals surface area contributed by atoms with Gasteiger partial charge in [0.25, 0.3) is 0 Å². The molecule has 1 heterocycles. The van der Waals surface area contributed by atoms with E-state index in [1.54, 1.807) is 18.2 Å². The van der Waals surface area contributed by atoms with Gasteiger partial charge >= 0.3 is 0 Å². The third kappa shape index (κ3) is 4.02. The summed E-state index contributed by atoms with van der Waals surface area (Å²) in [6.07, 6.45) is 1.80. The van der Waals surface area contributed by atoms with Gasteiger partial charge in [-0.25, -0.2) is 13.1 Å². The predicted molar refractivity (Wildman–Crippen MR) is 80.8 cm³/mol. The van der Waals surface area contributed by atoms with Crippen LogP contribution in [0.1, 0.15) is 18.4 Å². The molecular formula is C13H19BrN2O3S. The van der Waals surface area contributed by atoms with Crippen LogP contribution in [0.2, 0.25) is 0 Å². The molecule has 5 nitrogen and oxygen atoms in total. The van der Waals surface area contributed by atoms with Gasteiger partial charge < -0.3 is 10.5 Å². The Morgan fingerprint density at radius 2 is 2.05 bits per heavy atom. The topological polar surface area (TPSA) is 81.4 Å². The molecule has 20 heavy (non-hydrogen) atoms. The largest absolute Gasteiger partial charge is 0.381 e. The van der Waals surface area contributed by atoms with Crippen molar-refractivity contribution in [2.24, 2.45) is 11.7 Å². The van der Waals surface area contributed by atoms with Gasteiger partial charge in [-0.05, 0) is 52.4 Å². The summed E-state index contributed by atoms with van der Waals surface area (Å²) >= 11 is 3.30. The number of sulfonamides is 1. The highest BCUT2D eigenvalue weighted by molar-refractivity contribution is 9.10. The van der Waals surface area contributed by atoms with Crippen LogP contribution in [0.15, 0.2) is 27.6 Å². The standard InChI is InChI=1S/C13H19BrN2O3S/c14-12-7-11(8-15)1-2-13(12)20(17,18)16-9-10-3-5-19-6-4-10/h1-2,7,10,16H,3-6,8-9,15H2. The maximum Gasteiger partial charge on any atom is 0.241 e. The first-order chi connectivity index (χ1) is 9.53. The maximum absolute atomic E-state index is 12.3. The van der Waals surface area contributed by atoms with Crippen molar-refractivity contribution in [2.75, 3.05) is 19.8 Å². The summed E-state index contributed by atoms with van der Waals surface area (Å²) in [7, 11) is -3.49. The predicted octanol–water partition coefficient (Wildman–Crippen LogP) is 1.61. The van der Waals surface area contributed by atoms with Gasteiger partial charge in [-0.3, -0.25) is 0 Å². The summed E-state index contributed by atoms with van der Waals surface area (Å²) in [5, 5.41) is 0. The first kappa shape index (κ1) is 15.9. The van der Waals surface area contributed by atoms with Gasteiger partial charge in [0.15, 0.2) is 0 Å². The first-order valence-corrected chi connectivity index (χ1v) is 8.86. The summed E-state index contributed by atoms with van der Waals surface area (Å²) in [5.74, 6) is 0.348. The Bertz CT molecular complexity index is 557. The molecule has 1 aliphatic rings. The molecular weight excluding hydrogens is 344 g/mol. The number of nitrogens with one attached hydrogen (secondary N) is 1. The smallest absolute Gasteiger partial charge is 0.241 e. The second-order valence-electron chi connectivity index (χ2n) is 4.88. The molecule has 0 radical (unpaired) electrons. The molecule has 1 saturated heterocycles. The van der Waals surface area contributed by atoms with E-state index in [0.29, 0.717) is 36.7 Å². The van der Waals surface area contributed by atoms with E-state index in [9.17, 15) is 8.42 Å². The van der Waals surface area contributed by atoms with Gasteiger partial charge in [-0.1, -0.05) is 6.07 Å². The summed E-state index contributed by atoms with van der Waals surface area (Å²) in [4.78, 5) is 0.252. The van der Waals surface area contributed by atoms with Crippen molar-refractivity contribution in [1.29, 1.82) is 0 Å². The van der Waals surface area contributed by atoms with Gasteiger partial charge in [0.05, 0.1) is 4.90 Å². The molecule has 2 rings (SSSR count). The van der Waals surface area contributed by atoms with Crippen LogP contribution < -0.4 is 10.5 Å². The number of benzene rings is 1. The van der Waals surface area contributed by atoms with E-state index in [2.05, 4.69) is 20.7 Å². The van der Waals surface area contributed by atoms with Crippen LogP contribution in [-0.2, 0) is 21.3 Å². The Morgan fingerprint density at radius 3 is 2.65 bits per heavy atom. The molecule has 1 fully saturated rings. The minimum absolute atomic E-state index is 0.252. The van der Waals surface area contributed by atoms with E-state index >= 15 is 0 Å². The molecule has 0 aromatic heterocycles. The number of hydrogen-bond donors (Lipinski definition) is 2. The van der Waals surface area contributed by atoms with Crippen LogP contribution in [-0.4, -0.2) is 28.2 Å². The Balaban J connectivity index is 2.05. The molecule has 0 spiro atoms. The van der Waals surface area contributed by atoms with Crippen LogP contribution in [0.5, 0.6) is 0 Å².